The van der Waals surface area contributed by atoms with Gasteiger partial charge < -0.3 is 10.5 Å². The number of nitrogens with two attached hydrogens (primary N) is 1. The number of nitrogens with zero attached hydrogens (tertiary/aromatic N) is 1. The van der Waals surface area contributed by atoms with Gasteiger partial charge in [-0.05, 0) is 18.2 Å². The standard InChI is InChI=1S/C12H8N2O2S/c13-11(15)12-14-10-7-3-1-2-4-8(7)16-6-5-9(10)17-12/h1-6H,(H2,13,15). The maximum atomic E-state index is 11.1. The van der Waals surface area contributed by atoms with Gasteiger partial charge in [-0.15, -0.1) is 11.3 Å². The van der Waals surface area contributed by atoms with Crippen LogP contribution in [0.4, 0.5) is 0 Å². The number of carbonyl (C=O) groups is 1. The first-order valence-electron chi connectivity index (χ1n) is 4.99. The first-order valence-corrected chi connectivity index (χ1v) is 5.80. The highest BCUT2D eigenvalue weighted by molar-refractivity contribution is 7.14. The number of thiazole rings is 1. The Balaban J connectivity index is 2.26. The van der Waals surface area contributed by atoms with Crippen molar-refractivity contribution in [2.45, 2.75) is 0 Å². The zero-order valence-corrected chi connectivity index (χ0v) is 9.53. The Morgan fingerprint density at radius 3 is 3.00 bits per heavy atom. The molecule has 0 aliphatic carbocycles. The molecule has 1 aromatic carbocycles. The van der Waals surface area contributed by atoms with Crippen molar-refractivity contribution in [3.8, 4) is 17.0 Å². The van der Waals surface area contributed by atoms with Gasteiger partial charge in [0.05, 0.1) is 16.8 Å². The summed E-state index contributed by atoms with van der Waals surface area (Å²) < 4.78 is 5.46. The van der Waals surface area contributed by atoms with E-state index in [4.69, 9.17) is 10.5 Å². The predicted molar refractivity (Wildman–Crippen MR) is 65.7 cm³/mol. The SMILES string of the molecule is NC(=O)c1nc2c(s1)C=COc1ccccc1-2. The van der Waals surface area contributed by atoms with Crippen molar-refractivity contribution in [3.63, 3.8) is 0 Å². The molecule has 0 saturated carbocycles. The van der Waals surface area contributed by atoms with Gasteiger partial charge in [0.25, 0.3) is 5.91 Å². The lowest BCUT2D eigenvalue weighted by Gasteiger charge is -2.03. The molecule has 0 saturated heterocycles. The lowest BCUT2D eigenvalue weighted by atomic mass is 10.1. The number of fused-ring (bicyclic) bond motifs is 3. The van der Waals surface area contributed by atoms with Crippen LogP contribution in [0.3, 0.4) is 0 Å². The molecular formula is C12H8N2O2S. The molecule has 0 unspecified atom stereocenters. The monoisotopic (exact) mass is 244 g/mol. The molecule has 1 amide bonds. The molecular weight excluding hydrogens is 236 g/mol. The second-order valence-corrected chi connectivity index (χ2v) is 4.54. The number of amides is 1. The van der Waals surface area contributed by atoms with Gasteiger partial charge >= 0.3 is 0 Å². The van der Waals surface area contributed by atoms with Gasteiger partial charge in [0.15, 0.2) is 5.01 Å². The molecule has 1 aliphatic heterocycles. The second-order valence-electron chi connectivity index (χ2n) is 3.51. The Hall–Kier alpha value is -2.14. The minimum atomic E-state index is -0.505. The van der Waals surface area contributed by atoms with E-state index < -0.39 is 5.91 Å². The largest absolute Gasteiger partial charge is 0.464 e. The molecule has 17 heavy (non-hydrogen) atoms. The van der Waals surface area contributed by atoms with Gasteiger partial charge in [0.2, 0.25) is 0 Å². The van der Waals surface area contributed by atoms with E-state index in [-0.39, 0.29) is 0 Å². The van der Waals surface area contributed by atoms with Crippen molar-refractivity contribution >= 4 is 23.3 Å². The number of hydrogen-bond donors (Lipinski definition) is 1. The molecule has 4 nitrogen and oxygen atoms in total. The lowest BCUT2D eigenvalue weighted by Crippen LogP contribution is -2.10. The average Bonchev–Trinajstić information content (AvgIpc) is 2.67. The molecule has 3 rings (SSSR count). The van der Waals surface area contributed by atoms with E-state index in [1.54, 1.807) is 12.3 Å². The van der Waals surface area contributed by atoms with E-state index in [1.807, 2.05) is 24.3 Å². The van der Waals surface area contributed by atoms with E-state index >= 15 is 0 Å². The van der Waals surface area contributed by atoms with Crippen molar-refractivity contribution in [1.29, 1.82) is 0 Å². The molecule has 84 valence electrons. The zero-order chi connectivity index (χ0) is 11.8. The Morgan fingerprint density at radius 1 is 1.35 bits per heavy atom. The van der Waals surface area contributed by atoms with Gasteiger partial charge in [-0.2, -0.15) is 0 Å². The summed E-state index contributed by atoms with van der Waals surface area (Å²) in [5, 5.41) is 0.316. The van der Waals surface area contributed by atoms with E-state index in [2.05, 4.69) is 4.98 Å². The van der Waals surface area contributed by atoms with Crippen molar-refractivity contribution < 1.29 is 9.53 Å². The summed E-state index contributed by atoms with van der Waals surface area (Å²) in [5.41, 5.74) is 6.85. The molecule has 0 spiro atoms. The van der Waals surface area contributed by atoms with Gasteiger partial charge in [-0.25, -0.2) is 4.98 Å². The van der Waals surface area contributed by atoms with Crippen LogP contribution in [0, 0.1) is 0 Å². The van der Waals surface area contributed by atoms with Crippen molar-refractivity contribution in [2.24, 2.45) is 5.73 Å². The number of primary amides is 1. The molecule has 5 heteroatoms. The maximum Gasteiger partial charge on any atom is 0.277 e. The maximum absolute atomic E-state index is 11.1. The number of carbonyl (C=O) groups excluding carboxylic acids is 1. The molecule has 0 bridgehead atoms. The summed E-state index contributed by atoms with van der Waals surface area (Å²) in [6.07, 6.45) is 3.38. The van der Waals surface area contributed by atoms with Crippen molar-refractivity contribution in [1.82, 2.24) is 4.98 Å². The molecule has 1 aromatic heterocycles. The van der Waals surface area contributed by atoms with E-state index in [1.165, 1.54) is 11.3 Å². The van der Waals surface area contributed by atoms with Crippen LogP contribution in [0.5, 0.6) is 5.75 Å². The van der Waals surface area contributed by atoms with Crippen LogP contribution in [-0.4, -0.2) is 10.9 Å². The van der Waals surface area contributed by atoms with Crippen LogP contribution >= 0.6 is 11.3 Å². The van der Waals surface area contributed by atoms with Gasteiger partial charge in [-0.1, -0.05) is 12.1 Å². The van der Waals surface area contributed by atoms with Crippen molar-refractivity contribution in [2.75, 3.05) is 0 Å². The fourth-order valence-electron chi connectivity index (χ4n) is 1.68. The first kappa shape index (κ1) is 10.0. The van der Waals surface area contributed by atoms with Crippen LogP contribution < -0.4 is 10.5 Å². The van der Waals surface area contributed by atoms with E-state index in [0.29, 0.717) is 5.01 Å². The molecule has 1 aliphatic rings. The highest BCUT2D eigenvalue weighted by Crippen LogP contribution is 2.37. The third-order valence-electron chi connectivity index (χ3n) is 2.42. The fourth-order valence-corrected chi connectivity index (χ4v) is 2.50. The van der Waals surface area contributed by atoms with Gasteiger partial charge in [0, 0.05) is 5.56 Å². The van der Waals surface area contributed by atoms with Crippen LogP contribution in [-0.2, 0) is 0 Å². The topological polar surface area (TPSA) is 65.2 Å². The van der Waals surface area contributed by atoms with Gasteiger partial charge in [0.1, 0.15) is 5.75 Å². The Bertz CT molecular complexity index is 631. The summed E-state index contributed by atoms with van der Waals surface area (Å²) in [6, 6.07) is 7.56. The smallest absolute Gasteiger partial charge is 0.277 e. The Morgan fingerprint density at radius 2 is 2.18 bits per heavy atom. The summed E-state index contributed by atoms with van der Waals surface area (Å²) >= 11 is 1.27. The summed E-state index contributed by atoms with van der Waals surface area (Å²) in [4.78, 5) is 16.3. The normalized spacial score (nSPS) is 12.2. The van der Waals surface area contributed by atoms with E-state index in [0.717, 1.165) is 21.9 Å². The third-order valence-corrected chi connectivity index (χ3v) is 3.46. The number of ether oxygens (including phenoxy) is 1. The summed E-state index contributed by atoms with van der Waals surface area (Å²) in [7, 11) is 0. The van der Waals surface area contributed by atoms with Crippen LogP contribution in [0.1, 0.15) is 14.7 Å². The van der Waals surface area contributed by atoms with E-state index in [9.17, 15) is 4.79 Å². The highest BCUT2D eigenvalue weighted by atomic mass is 32.1. The number of para-hydroxylation sites is 1. The van der Waals surface area contributed by atoms with Crippen LogP contribution in [0.15, 0.2) is 30.5 Å². The van der Waals surface area contributed by atoms with Crippen LogP contribution in [0.2, 0.25) is 0 Å². The van der Waals surface area contributed by atoms with Crippen LogP contribution in [0.25, 0.3) is 17.3 Å². The number of benzene rings is 1. The zero-order valence-electron chi connectivity index (χ0n) is 8.71. The summed E-state index contributed by atoms with van der Waals surface area (Å²) in [5.74, 6) is 0.221. The quantitative estimate of drug-likeness (QED) is 0.836. The lowest BCUT2D eigenvalue weighted by molar-refractivity contribution is 0.1000. The first-order chi connectivity index (χ1) is 8.25. The average molecular weight is 244 g/mol. The Kier molecular flexibility index (Phi) is 2.19. The molecule has 0 fully saturated rings. The highest BCUT2D eigenvalue weighted by Gasteiger charge is 2.19. The summed E-state index contributed by atoms with van der Waals surface area (Å²) in [6.45, 7) is 0. The minimum Gasteiger partial charge on any atom is -0.464 e. The molecule has 2 aromatic rings. The van der Waals surface area contributed by atoms with Gasteiger partial charge in [-0.3, -0.25) is 4.79 Å². The molecule has 2 heterocycles. The fraction of sp³-hybridized carbons (Fsp3) is 0. The Labute approximate surface area is 101 Å². The molecule has 0 radical (unpaired) electrons. The second kappa shape index (κ2) is 3.71. The molecule has 2 N–H and O–H groups in total. The molecule has 0 atom stereocenters. The minimum absolute atomic E-state index is 0.316. The van der Waals surface area contributed by atoms with Crippen molar-refractivity contribution in [3.05, 3.63) is 40.4 Å². The predicted octanol–water partition coefficient (Wildman–Crippen LogP) is 2.27. The third kappa shape index (κ3) is 1.60. The number of aromatic nitrogens is 1. The number of rotatable bonds is 1. The number of hydrogen-bond acceptors (Lipinski definition) is 4.